The van der Waals surface area contributed by atoms with Crippen LogP contribution in [0.4, 0.5) is 0 Å². The summed E-state index contributed by atoms with van der Waals surface area (Å²) in [6.45, 7) is 0. The van der Waals surface area contributed by atoms with Crippen LogP contribution in [0.5, 0.6) is 0 Å². The second kappa shape index (κ2) is 4.29. The molecule has 5 heteroatoms. The third kappa shape index (κ3) is 1.70. The van der Waals surface area contributed by atoms with Crippen molar-refractivity contribution in [3.8, 4) is 15.4 Å². The quantitative estimate of drug-likeness (QED) is 0.551. The number of nitrogens with zero attached hydrogens (tertiary/aromatic N) is 3. The van der Waals surface area contributed by atoms with E-state index in [0.717, 1.165) is 21.6 Å². The molecule has 0 fully saturated rings. The Bertz CT molecular complexity index is 814. The Morgan fingerprint density at radius 2 is 1.79 bits per heavy atom. The van der Waals surface area contributed by atoms with Crippen LogP contribution in [-0.2, 0) is 0 Å². The summed E-state index contributed by atoms with van der Waals surface area (Å²) in [5.41, 5.74) is 3.15. The van der Waals surface area contributed by atoms with Crippen molar-refractivity contribution in [2.24, 2.45) is 0 Å². The molecule has 3 heterocycles. The van der Waals surface area contributed by atoms with Crippen LogP contribution in [0.2, 0.25) is 0 Å². The third-order valence-electron chi connectivity index (χ3n) is 2.98. The van der Waals surface area contributed by atoms with Crippen LogP contribution in [0, 0.1) is 0 Å². The van der Waals surface area contributed by atoms with E-state index in [2.05, 4.69) is 52.1 Å². The highest BCUT2D eigenvalue weighted by Crippen LogP contribution is 2.31. The number of aromatic nitrogens is 3. The normalized spacial score (nSPS) is 11.2. The largest absolute Gasteiger partial charge is 0.203 e. The molecule has 0 saturated heterocycles. The zero-order valence-electron chi connectivity index (χ0n) is 9.85. The minimum atomic E-state index is 0.957. The van der Waals surface area contributed by atoms with Gasteiger partial charge in [-0.05, 0) is 35.0 Å². The van der Waals surface area contributed by atoms with E-state index in [0.29, 0.717) is 0 Å². The molecule has 4 aromatic rings. The Kier molecular flexibility index (Phi) is 2.46. The highest BCUT2D eigenvalue weighted by molar-refractivity contribution is 7.13. The molecule has 0 radical (unpaired) electrons. The van der Waals surface area contributed by atoms with Crippen LogP contribution in [0.1, 0.15) is 0 Å². The number of thiophene rings is 2. The monoisotopic (exact) mass is 283 g/mol. The van der Waals surface area contributed by atoms with Gasteiger partial charge in [0.1, 0.15) is 10.5 Å². The molecule has 3 nitrogen and oxygen atoms in total. The summed E-state index contributed by atoms with van der Waals surface area (Å²) >= 11 is 3.39. The van der Waals surface area contributed by atoms with Crippen molar-refractivity contribution >= 4 is 33.7 Å². The van der Waals surface area contributed by atoms with Gasteiger partial charge in [-0.1, -0.05) is 23.4 Å². The lowest BCUT2D eigenvalue weighted by molar-refractivity contribution is 0.835. The van der Waals surface area contributed by atoms with Crippen LogP contribution in [-0.4, -0.2) is 15.0 Å². The first-order chi connectivity index (χ1) is 9.43. The van der Waals surface area contributed by atoms with Crippen molar-refractivity contribution in [2.75, 3.05) is 0 Å². The molecule has 1 aromatic carbocycles. The lowest BCUT2D eigenvalue weighted by atomic mass is 10.1. The van der Waals surface area contributed by atoms with Crippen LogP contribution in [0.15, 0.2) is 53.2 Å². The van der Waals surface area contributed by atoms with Crippen LogP contribution >= 0.6 is 22.7 Å². The highest BCUT2D eigenvalue weighted by atomic mass is 32.1. The van der Waals surface area contributed by atoms with E-state index >= 15 is 0 Å². The molecule has 0 spiro atoms. The number of hydrogen-bond donors (Lipinski definition) is 0. The molecule has 0 aliphatic carbocycles. The van der Waals surface area contributed by atoms with E-state index < -0.39 is 0 Å². The average Bonchev–Trinajstić information content (AvgIpc) is 3.18. The van der Waals surface area contributed by atoms with Crippen LogP contribution < -0.4 is 0 Å². The van der Waals surface area contributed by atoms with Crippen molar-refractivity contribution in [1.82, 2.24) is 15.0 Å². The first-order valence-corrected chi connectivity index (χ1v) is 7.61. The van der Waals surface area contributed by atoms with Crippen molar-refractivity contribution in [3.05, 3.63) is 53.2 Å². The summed E-state index contributed by atoms with van der Waals surface area (Å²) in [5.74, 6) is 0. The summed E-state index contributed by atoms with van der Waals surface area (Å²) in [7, 11) is 0. The molecule has 92 valence electrons. The molecule has 0 aliphatic rings. The first kappa shape index (κ1) is 10.9. The molecule has 3 aromatic heterocycles. The number of fused-ring (bicyclic) bond motifs is 1. The van der Waals surface area contributed by atoms with Gasteiger partial charge in [-0.25, -0.2) is 4.68 Å². The van der Waals surface area contributed by atoms with Gasteiger partial charge in [0.2, 0.25) is 0 Å². The average molecular weight is 283 g/mol. The molecular weight excluding hydrogens is 274 g/mol. The van der Waals surface area contributed by atoms with Crippen molar-refractivity contribution in [3.63, 3.8) is 0 Å². The Labute approximate surface area is 117 Å². The molecule has 0 N–H and O–H groups in total. The van der Waals surface area contributed by atoms with E-state index in [-0.39, 0.29) is 0 Å². The molecule has 0 unspecified atom stereocenters. The zero-order chi connectivity index (χ0) is 12.7. The summed E-state index contributed by atoms with van der Waals surface area (Å²) in [4.78, 5) is 1.23. The summed E-state index contributed by atoms with van der Waals surface area (Å²) in [6, 6.07) is 14.5. The molecule has 0 saturated carbocycles. The Hall–Kier alpha value is -1.98. The minimum Gasteiger partial charge on any atom is -0.203 e. The Morgan fingerprint density at radius 3 is 2.58 bits per heavy atom. The highest BCUT2D eigenvalue weighted by Gasteiger charge is 2.12. The zero-order valence-corrected chi connectivity index (χ0v) is 11.5. The van der Waals surface area contributed by atoms with Gasteiger partial charge in [0.05, 0.1) is 5.52 Å². The van der Waals surface area contributed by atoms with Gasteiger partial charge < -0.3 is 0 Å². The van der Waals surface area contributed by atoms with Gasteiger partial charge in [-0.3, -0.25) is 0 Å². The van der Waals surface area contributed by atoms with Gasteiger partial charge in [0.15, 0.2) is 0 Å². The minimum absolute atomic E-state index is 0.957. The molecular formula is C14H9N3S2. The molecule has 0 bridgehead atoms. The third-order valence-corrected chi connectivity index (χ3v) is 4.73. The summed E-state index contributed by atoms with van der Waals surface area (Å²) < 4.78 is 1.90. The van der Waals surface area contributed by atoms with Crippen molar-refractivity contribution in [2.45, 2.75) is 0 Å². The smallest absolute Gasteiger partial charge is 0.122 e. The maximum absolute atomic E-state index is 4.36. The van der Waals surface area contributed by atoms with E-state index in [1.807, 2.05) is 16.1 Å². The number of benzene rings is 1. The molecule has 0 atom stereocenters. The number of rotatable bonds is 2. The predicted octanol–water partition coefficient (Wildman–Crippen LogP) is 4.21. The second-order valence-electron chi connectivity index (χ2n) is 4.10. The van der Waals surface area contributed by atoms with Gasteiger partial charge in [0.25, 0.3) is 0 Å². The molecule has 0 aliphatic heterocycles. The van der Waals surface area contributed by atoms with E-state index in [1.54, 1.807) is 22.7 Å². The molecule has 19 heavy (non-hydrogen) atoms. The molecule has 4 rings (SSSR count). The SMILES string of the molecule is c1csc(-c2cccc3c2nnn3-c2cccs2)c1. The fourth-order valence-corrected chi connectivity index (χ4v) is 3.57. The fourth-order valence-electron chi connectivity index (χ4n) is 2.13. The number of hydrogen-bond acceptors (Lipinski definition) is 4. The van der Waals surface area contributed by atoms with Gasteiger partial charge in [-0.15, -0.1) is 27.8 Å². The topological polar surface area (TPSA) is 30.7 Å². The van der Waals surface area contributed by atoms with Crippen molar-refractivity contribution in [1.29, 1.82) is 0 Å². The predicted molar refractivity (Wildman–Crippen MR) is 80.1 cm³/mol. The van der Waals surface area contributed by atoms with Gasteiger partial charge in [0, 0.05) is 10.4 Å². The van der Waals surface area contributed by atoms with Gasteiger partial charge in [-0.2, -0.15) is 0 Å². The van der Waals surface area contributed by atoms with E-state index in [9.17, 15) is 0 Å². The maximum Gasteiger partial charge on any atom is 0.122 e. The fraction of sp³-hybridized carbons (Fsp3) is 0. The van der Waals surface area contributed by atoms with Gasteiger partial charge >= 0.3 is 0 Å². The van der Waals surface area contributed by atoms with Crippen LogP contribution in [0.25, 0.3) is 26.5 Å². The lowest BCUT2D eigenvalue weighted by Gasteiger charge is -2.00. The Balaban J connectivity index is 2.00. The standard InChI is InChI=1S/C14H9N3S2/c1-4-10(12-6-2-8-18-12)14-11(5-1)17(16-15-14)13-7-3-9-19-13/h1-9H. The lowest BCUT2D eigenvalue weighted by Crippen LogP contribution is -1.92. The maximum atomic E-state index is 4.36. The molecule has 0 amide bonds. The Morgan fingerprint density at radius 1 is 0.895 bits per heavy atom. The first-order valence-electron chi connectivity index (χ1n) is 5.86. The van der Waals surface area contributed by atoms with E-state index in [1.165, 1.54) is 4.88 Å². The van der Waals surface area contributed by atoms with Crippen molar-refractivity contribution < 1.29 is 0 Å². The summed E-state index contributed by atoms with van der Waals surface area (Å²) in [6.07, 6.45) is 0. The van der Waals surface area contributed by atoms with E-state index in [4.69, 9.17) is 0 Å². The second-order valence-corrected chi connectivity index (χ2v) is 5.98. The summed E-state index contributed by atoms with van der Waals surface area (Å²) in [5, 5.41) is 13.9. The van der Waals surface area contributed by atoms with Crippen LogP contribution in [0.3, 0.4) is 0 Å².